The fraction of sp³-hybridized carbons (Fsp3) is 0.500. The number of nitrogens with one attached hydrogen (secondary N) is 1. The van der Waals surface area contributed by atoms with Crippen molar-refractivity contribution in [2.24, 2.45) is 0 Å². The molecule has 0 amide bonds. The summed E-state index contributed by atoms with van der Waals surface area (Å²) in [5.74, 6) is -0.404. The Labute approximate surface area is 93.3 Å². The molecular formula is C10H14N4O2. The first kappa shape index (κ1) is 10.8. The zero-order chi connectivity index (χ0) is 11.5. The maximum atomic E-state index is 10.6. The van der Waals surface area contributed by atoms with Crippen LogP contribution < -0.4 is 10.2 Å². The molecule has 2 N–H and O–H groups in total. The van der Waals surface area contributed by atoms with Crippen LogP contribution in [0.25, 0.3) is 0 Å². The third-order valence-electron chi connectivity index (χ3n) is 2.54. The Bertz CT molecular complexity index is 379. The summed E-state index contributed by atoms with van der Waals surface area (Å²) >= 11 is 0. The average Bonchev–Trinajstić information content (AvgIpc) is 2.29. The van der Waals surface area contributed by atoms with E-state index in [1.54, 1.807) is 0 Å². The molecule has 1 fully saturated rings. The minimum absolute atomic E-state index is 0.118. The van der Waals surface area contributed by atoms with Crippen LogP contribution in [0.2, 0.25) is 0 Å². The number of rotatable bonds is 2. The SMILES string of the molecule is C[C@H]1CN(c2ncc(C(=O)O)cn2)CCN1. The van der Waals surface area contributed by atoms with Crippen molar-refractivity contribution in [3.05, 3.63) is 18.0 Å². The van der Waals surface area contributed by atoms with Gasteiger partial charge in [-0.2, -0.15) is 0 Å². The average molecular weight is 222 g/mol. The molecule has 1 aliphatic rings. The van der Waals surface area contributed by atoms with Gasteiger partial charge in [-0.15, -0.1) is 0 Å². The normalized spacial score (nSPS) is 20.8. The molecule has 2 rings (SSSR count). The predicted molar refractivity (Wildman–Crippen MR) is 58.7 cm³/mol. The lowest BCUT2D eigenvalue weighted by molar-refractivity contribution is 0.0696. The van der Waals surface area contributed by atoms with Crippen LogP contribution in [0.5, 0.6) is 0 Å². The van der Waals surface area contributed by atoms with Gasteiger partial charge in [0.15, 0.2) is 0 Å². The Kier molecular flexibility index (Phi) is 3.00. The molecule has 86 valence electrons. The number of nitrogens with zero attached hydrogens (tertiary/aromatic N) is 3. The molecule has 0 radical (unpaired) electrons. The van der Waals surface area contributed by atoms with Gasteiger partial charge in [0.1, 0.15) is 0 Å². The van der Waals surface area contributed by atoms with Crippen molar-refractivity contribution in [1.29, 1.82) is 0 Å². The van der Waals surface area contributed by atoms with Crippen LogP contribution in [-0.2, 0) is 0 Å². The van der Waals surface area contributed by atoms with Gasteiger partial charge in [-0.25, -0.2) is 14.8 Å². The van der Waals surface area contributed by atoms with Crippen molar-refractivity contribution >= 4 is 11.9 Å². The third-order valence-corrected chi connectivity index (χ3v) is 2.54. The Morgan fingerprint density at radius 3 is 2.81 bits per heavy atom. The van der Waals surface area contributed by atoms with E-state index in [1.165, 1.54) is 12.4 Å². The Morgan fingerprint density at radius 1 is 1.56 bits per heavy atom. The highest BCUT2D eigenvalue weighted by molar-refractivity contribution is 5.86. The summed E-state index contributed by atoms with van der Waals surface area (Å²) in [6, 6.07) is 0.400. The van der Waals surface area contributed by atoms with Gasteiger partial charge in [0.2, 0.25) is 5.95 Å². The molecule has 1 aromatic rings. The van der Waals surface area contributed by atoms with Crippen LogP contribution in [0.3, 0.4) is 0 Å². The van der Waals surface area contributed by atoms with Crippen LogP contribution in [0.1, 0.15) is 17.3 Å². The van der Waals surface area contributed by atoms with E-state index in [-0.39, 0.29) is 5.56 Å². The van der Waals surface area contributed by atoms with Gasteiger partial charge in [-0.05, 0) is 6.92 Å². The van der Waals surface area contributed by atoms with E-state index in [0.717, 1.165) is 19.6 Å². The lowest BCUT2D eigenvalue weighted by Gasteiger charge is -2.31. The molecule has 2 heterocycles. The largest absolute Gasteiger partial charge is 0.478 e. The number of aromatic carboxylic acids is 1. The summed E-state index contributed by atoms with van der Waals surface area (Å²) in [7, 11) is 0. The van der Waals surface area contributed by atoms with Gasteiger partial charge < -0.3 is 15.3 Å². The van der Waals surface area contributed by atoms with Crippen LogP contribution in [-0.4, -0.2) is 46.7 Å². The van der Waals surface area contributed by atoms with Gasteiger partial charge in [0, 0.05) is 38.1 Å². The highest BCUT2D eigenvalue weighted by Crippen LogP contribution is 2.09. The molecule has 1 aromatic heterocycles. The molecule has 0 saturated carbocycles. The number of piperazine rings is 1. The number of hydrogen-bond acceptors (Lipinski definition) is 5. The molecule has 1 saturated heterocycles. The Hall–Kier alpha value is -1.69. The maximum Gasteiger partial charge on any atom is 0.338 e. The highest BCUT2D eigenvalue weighted by Gasteiger charge is 2.18. The van der Waals surface area contributed by atoms with Crippen molar-refractivity contribution < 1.29 is 9.90 Å². The fourth-order valence-corrected chi connectivity index (χ4v) is 1.71. The zero-order valence-corrected chi connectivity index (χ0v) is 9.05. The molecule has 0 aliphatic carbocycles. The van der Waals surface area contributed by atoms with Crippen LogP contribution in [0.15, 0.2) is 12.4 Å². The summed E-state index contributed by atoms with van der Waals surface area (Å²) < 4.78 is 0. The molecule has 1 atom stereocenters. The van der Waals surface area contributed by atoms with E-state index in [0.29, 0.717) is 12.0 Å². The van der Waals surface area contributed by atoms with Crippen LogP contribution in [0.4, 0.5) is 5.95 Å². The molecular weight excluding hydrogens is 208 g/mol. The summed E-state index contributed by atoms with van der Waals surface area (Å²) in [5.41, 5.74) is 0.118. The smallest absolute Gasteiger partial charge is 0.338 e. The lowest BCUT2D eigenvalue weighted by Crippen LogP contribution is -2.49. The monoisotopic (exact) mass is 222 g/mol. The van der Waals surface area contributed by atoms with Crippen molar-refractivity contribution in [3.8, 4) is 0 Å². The van der Waals surface area contributed by atoms with Crippen molar-refractivity contribution in [1.82, 2.24) is 15.3 Å². The quantitative estimate of drug-likeness (QED) is 0.731. The van der Waals surface area contributed by atoms with E-state index in [1.807, 2.05) is 4.90 Å². The van der Waals surface area contributed by atoms with Crippen molar-refractivity contribution in [2.45, 2.75) is 13.0 Å². The van der Waals surface area contributed by atoms with Crippen LogP contribution >= 0.6 is 0 Å². The molecule has 0 bridgehead atoms. The lowest BCUT2D eigenvalue weighted by atomic mass is 10.2. The highest BCUT2D eigenvalue weighted by atomic mass is 16.4. The third kappa shape index (κ3) is 2.27. The predicted octanol–water partition coefficient (Wildman–Crippen LogP) is -0.0271. The zero-order valence-electron chi connectivity index (χ0n) is 9.05. The first-order valence-electron chi connectivity index (χ1n) is 5.20. The molecule has 16 heavy (non-hydrogen) atoms. The first-order chi connectivity index (χ1) is 7.66. The van der Waals surface area contributed by atoms with Gasteiger partial charge >= 0.3 is 5.97 Å². The van der Waals surface area contributed by atoms with Gasteiger partial charge in [0.25, 0.3) is 0 Å². The van der Waals surface area contributed by atoms with Gasteiger partial charge in [-0.3, -0.25) is 0 Å². The van der Waals surface area contributed by atoms with Crippen LogP contribution in [0, 0.1) is 0 Å². The topological polar surface area (TPSA) is 78.4 Å². The Balaban J connectivity index is 2.11. The number of anilines is 1. The number of carbonyl (C=O) groups is 1. The number of carboxylic acids is 1. The molecule has 6 nitrogen and oxygen atoms in total. The van der Waals surface area contributed by atoms with E-state index < -0.39 is 5.97 Å². The number of aromatic nitrogens is 2. The summed E-state index contributed by atoms with van der Waals surface area (Å²) in [6.45, 7) is 4.67. The van der Waals surface area contributed by atoms with Gasteiger partial charge in [-0.1, -0.05) is 0 Å². The standard InChI is InChI=1S/C10H14N4O2/c1-7-6-14(3-2-11-7)10-12-4-8(5-13-10)9(15)16/h4-5,7,11H,2-3,6H2,1H3,(H,15,16)/t7-/m0/s1. The van der Waals surface area contributed by atoms with Crippen molar-refractivity contribution in [2.75, 3.05) is 24.5 Å². The van der Waals surface area contributed by atoms with E-state index in [2.05, 4.69) is 22.2 Å². The molecule has 0 unspecified atom stereocenters. The molecule has 0 aromatic carbocycles. The van der Waals surface area contributed by atoms with Crippen molar-refractivity contribution in [3.63, 3.8) is 0 Å². The summed E-state index contributed by atoms with van der Waals surface area (Å²) in [6.07, 6.45) is 2.69. The number of carboxylic acid groups (broad SMARTS) is 1. The molecule has 0 spiro atoms. The maximum absolute atomic E-state index is 10.6. The second-order valence-electron chi connectivity index (χ2n) is 3.88. The fourth-order valence-electron chi connectivity index (χ4n) is 1.71. The van der Waals surface area contributed by atoms with Gasteiger partial charge in [0.05, 0.1) is 5.56 Å². The van der Waals surface area contributed by atoms with E-state index in [4.69, 9.17) is 5.11 Å². The summed E-state index contributed by atoms with van der Waals surface area (Å²) in [5, 5.41) is 12.0. The Morgan fingerprint density at radius 2 is 2.25 bits per heavy atom. The summed E-state index contributed by atoms with van der Waals surface area (Å²) in [4.78, 5) is 20.8. The number of hydrogen-bond donors (Lipinski definition) is 2. The molecule has 1 aliphatic heterocycles. The first-order valence-corrected chi connectivity index (χ1v) is 5.20. The van der Waals surface area contributed by atoms with E-state index >= 15 is 0 Å². The second-order valence-corrected chi connectivity index (χ2v) is 3.88. The second kappa shape index (κ2) is 4.44. The van der Waals surface area contributed by atoms with E-state index in [9.17, 15) is 4.79 Å². The minimum Gasteiger partial charge on any atom is -0.478 e. The minimum atomic E-state index is -1.000. The molecule has 6 heteroatoms.